The highest BCUT2D eigenvalue weighted by Crippen LogP contribution is 2.48. The van der Waals surface area contributed by atoms with Crippen LogP contribution < -0.4 is 9.80 Å². The summed E-state index contributed by atoms with van der Waals surface area (Å²) in [5.74, 6) is 1.02. The van der Waals surface area contributed by atoms with E-state index < -0.39 is 0 Å². The van der Waals surface area contributed by atoms with Gasteiger partial charge < -0.3 is 14.2 Å². The number of oxazole rings is 1. The van der Waals surface area contributed by atoms with Gasteiger partial charge in [0.1, 0.15) is 12.1 Å². The van der Waals surface area contributed by atoms with Gasteiger partial charge in [-0.2, -0.15) is 0 Å². The Hall–Kier alpha value is -3.00. The maximum atomic E-state index is 5.46. The van der Waals surface area contributed by atoms with Crippen LogP contribution in [0.4, 0.5) is 11.8 Å². The summed E-state index contributed by atoms with van der Waals surface area (Å²) in [6.45, 7) is 6.33. The molecule has 3 fully saturated rings. The van der Waals surface area contributed by atoms with Gasteiger partial charge in [-0.25, -0.2) is 9.97 Å². The Morgan fingerprint density at radius 3 is 2.61 bits per heavy atom. The number of piperazine rings is 1. The zero-order valence-electron chi connectivity index (χ0n) is 17.6. The molecule has 8 heteroatoms. The summed E-state index contributed by atoms with van der Waals surface area (Å²) >= 11 is 0. The lowest BCUT2D eigenvalue weighted by Gasteiger charge is -2.48. The lowest BCUT2D eigenvalue weighted by atomic mass is 9.78. The van der Waals surface area contributed by atoms with Crippen molar-refractivity contribution in [2.45, 2.75) is 25.3 Å². The molecule has 1 spiro atoms. The molecule has 5 heterocycles. The van der Waals surface area contributed by atoms with Crippen LogP contribution in [0, 0.1) is 5.41 Å². The van der Waals surface area contributed by atoms with Gasteiger partial charge in [-0.05, 0) is 31.4 Å². The van der Waals surface area contributed by atoms with E-state index in [4.69, 9.17) is 9.40 Å². The van der Waals surface area contributed by atoms with Crippen LogP contribution in [-0.4, -0.2) is 70.1 Å². The van der Waals surface area contributed by atoms with Crippen LogP contribution in [0.25, 0.3) is 11.3 Å². The Balaban J connectivity index is 1.08. The summed E-state index contributed by atoms with van der Waals surface area (Å²) in [7, 11) is 0. The first-order chi connectivity index (χ1) is 15.3. The molecule has 8 nitrogen and oxygen atoms in total. The van der Waals surface area contributed by atoms with Gasteiger partial charge in [-0.3, -0.25) is 14.9 Å². The summed E-state index contributed by atoms with van der Waals surface area (Å²) in [6, 6.07) is 5.53. The summed E-state index contributed by atoms with van der Waals surface area (Å²) in [5.41, 5.74) is 2.40. The molecule has 160 valence electrons. The Morgan fingerprint density at radius 2 is 1.84 bits per heavy atom. The van der Waals surface area contributed by atoms with Crippen LogP contribution in [0.15, 0.2) is 53.8 Å². The third-order valence-corrected chi connectivity index (χ3v) is 7.17. The minimum Gasteiger partial charge on any atom is -0.432 e. The minimum atomic E-state index is 0.455. The molecule has 0 N–H and O–H groups in total. The van der Waals surface area contributed by atoms with E-state index in [1.807, 2.05) is 18.5 Å². The predicted molar refractivity (Wildman–Crippen MR) is 118 cm³/mol. The quantitative estimate of drug-likeness (QED) is 0.642. The van der Waals surface area contributed by atoms with E-state index in [1.165, 1.54) is 19.3 Å². The van der Waals surface area contributed by atoms with E-state index in [-0.39, 0.29) is 0 Å². The largest absolute Gasteiger partial charge is 0.432 e. The van der Waals surface area contributed by atoms with Crippen molar-refractivity contribution >= 4 is 11.8 Å². The first kappa shape index (κ1) is 18.7. The predicted octanol–water partition coefficient (Wildman–Crippen LogP) is 2.71. The summed E-state index contributed by atoms with van der Waals surface area (Å²) in [6.07, 6.45) is 14.4. The third kappa shape index (κ3) is 3.44. The fourth-order valence-electron chi connectivity index (χ4n) is 5.63. The lowest BCUT2D eigenvalue weighted by molar-refractivity contribution is 0.151. The zero-order chi connectivity index (χ0) is 20.7. The zero-order valence-corrected chi connectivity index (χ0v) is 17.6. The molecule has 1 saturated carbocycles. The van der Waals surface area contributed by atoms with E-state index in [1.54, 1.807) is 24.9 Å². The summed E-state index contributed by atoms with van der Waals surface area (Å²) in [4.78, 5) is 25.1. The molecular weight excluding hydrogens is 390 g/mol. The van der Waals surface area contributed by atoms with Crippen LogP contribution in [0.1, 0.15) is 19.3 Å². The number of hydrogen-bond acceptors (Lipinski definition) is 8. The van der Waals surface area contributed by atoms with Gasteiger partial charge in [-0.15, -0.1) is 0 Å². The van der Waals surface area contributed by atoms with E-state index >= 15 is 0 Å². The molecular formula is C23H27N7O. The van der Waals surface area contributed by atoms with Crippen molar-refractivity contribution in [1.82, 2.24) is 24.8 Å². The lowest BCUT2D eigenvalue weighted by Crippen LogP contribution is -2.56. The standard InChI is InChI=1S/C23H27N7O/c1-2-19(20-15-24-6-7-25-20)21(26-5-1)29-11-9-28(10-12-29)18-3-4-23(14-18)16-30(17-23)22-27-8-13-31-22/h1-2,5-8,13,15,18H,3-4,9-12,14,16-17H2/t18-/m1/s1. The maximum Gasteiger partial charge on any atom is 0.297 e. The molecule has 6 rings (SSSR count). The van der Waals surface area contributed by atoms with Gasteiger partial charge in [0.15, 0.2) is 0 Å². The molecule has 0 bridgehead atoms. The molecule has 2 saturated heterocycles. The van der Waals surface area contributed by atoms with Gasteiger partial charge in [0.05, 0.1) is 18.1 Å². The van der Waals surface area contributed by atoms with Crippen molar-refractivity contribution in [2.75, 3.05) is 49.1 Å². The van der Waals surface area contributed by atoms with Crippen molar-refractivity contribution in [2.24, 2.45) is 5.41 Å². The van der Waals surface area contributed by atoms with Crippen LogP contribution in [0.5, 0.6) is 0 Å². The molecule has 2 aliphatic heterocycles. The van der Waals surface area contributed by atoms with Gasteiger partial charge in [0.2, 0.25) is 0 Å². The summed E-state index contributed by atoms with van der Waals surface area (Å²) in [5, 5.41) is 0. The highest BCUT2D eigenvalue weighted by atomic mass is 16.4. The van der Waals surface area contributed by atoms with E-state index in [9.17, 15) is 0 Å². The highest BCUT2D eigenvalue weighted by Gasteiger charge is 2.50. The van der Waals surface area contributed by atoms with Crippen molar-refractivity contribution in [3.63, 3.8) is 0 Å². The van der Waals surface area contributed by atoms with Gasteiger partial charge in [0, 0.05) is 74.9 Å². The van der Waals surface area contributed by atoms with Crippen LogP contribution in [0.3, 0.4) is 0 Å². The van der Waals surface area contributed by atoms with Gasteiger partial charge in [0.25, 0.3) is 6.01 Å². The first-order valence-electron chi connectivity index (χ1n) is 11.1. The Labute approximate surface area is 181 Å². The number of hydrogen-bond donors (Lipinski definition) is 0. The minimum absolute atomic E-state index is 0.455. The Morgan fingerprint density at radius 1 is 0.935 bits per heavy atom. The number of rotatable bonds is 4. The normalized spacial score (nSPS) is 23.3. The smallest absolute Gasteiger partial charge is 0.297 e. The molecule has 3 aromatic heterocycles. The topological polar surface area (TPSA) is 74.4 Å². The Bertz CT molecular complexity index is 1010. The number of aromatic nitrogens is 4. The van der Waals surface area contributed by atoms with Crippen LogP contribution >= 0.6 is 0 Å². The molecule has 0 amide bonds. The molecule has 1 aliphatic carbocycles. The van der Waals surface area contributed by atoms with Crippen molar-refractivity contribution in [3.8, 4) is 11.3 Å². The second-order valence-electron chi connectivity index (χ2n) is 9.06. The number of pyridine rings is 1. The van der Waals surface area contributed by atoms with Crippen molar-refractivity contribution in [3.05, 3.63) is 49.4 Å². The SMILES string of the molecule is c1cnc(N2CCN([C@@H]3CCC4(C3)CN(c3ncco3)C4)CC2)c(-c2cnccn2)c1. The molecule has 0 unspecified atom stereocenters. The van der Waals surface area contributed by atoms with E-state index in [0.29, 0.717) is 11.5 Å². The molecule has 3 aliphatic rings. The highest BCUT2D eigenvalue weighted by molar-refractivity contribution is 5.72. The maximum absolute atomic E-state index is 5.46. The monoisotopic (exact) mass is 417 g/mol. The fourth-order valence-corrected chi connectivity index (χ4v) is 5.63. The van der Waals surface area contributed by atoms with Crippen LogP contribution in [-0.2, 0) is 0 Å². The fraction of sp³-hybridized carbons (Fsp3) is 0.478. The molecule has 1 atom stereocenters. The third-order valence-electron chi connectivity index (χ3n) is 7.17. The molecule has 3 aromatic rings. The Kier molecular flexibility index (Phi) is 4.60. The van der Waals surface area contributed by atoms with E-state index in [2.05, 4.69) is 35.7 Å². The number of anilines is 2. The van der Waals surface area contributed by atoms with Crippen molar-refractivity contribution in [1.29, 1.82) is 0 Å². The second kappa shape index (κ2) is 7.60. The summed E-state index contributed by atoms with van der Waals surface area (Å²) < 4.78 is 5.46. The first-order valence-corrected chi connectivity index (χ1v) is 11.1. The van der Waals surface area contributed by atoms with E-state index in [0.717, 1.165) is 62.4 Å². The molecule has 0 radical (unpaired) electrons. The molecule has 31 heavy (non-hydrogen) atoms. The average molecular weight is 418 g/mol. The molecule has 0 aromatic carbocycles. The second-order valence-corrected chi connectivity index (χ2v) is 9.06. The van der Waals surface area contributed by atoms with Crippen LogP contribution in [0.2, 0.25) is 0 Å². The average Bonchev–Trinajstić information content (AvgIpc) is 3.49. The van der Waals surface area contributed by atoms with Gasteiger partial charge >= 0.3 is 0 Å². The van der Waals surface area contributed by atoms with Crippen molar-refractivity contribution < 1.29 is 4.42 Å². The number of nitrogens with zero attached hydrogens (tertiary/aromatic N) is 7. The van der Waals surface area contributed by atoms with Gasteiger partial charge in [-0.1, -0.05) is 0 Å².